The summed E-state index contributed by atoms with van der Waals surface area (Å²) in [5, 5.41) is 0. The summed E-state index contributed by atoms with van der Waals surface area (Å²) in [6.45, 7) is 0. The first-order valence-electron chi connectivity index (χ1n) is 7.33. The Morgan fingerprint density at radius 3 is 1.91 bits per heavy atom. The Labute approximate surface area is 135 Å². The summed E-state index contributed by atoms with van der Waals surface area (Å²) in [4.78, 5) is 21.9. The predicted octanol–water partition coefficient (Wildman–Crippen LogP) is 3.51. The minimum atomic E-state index is 0.000196. The van der Waals surface area contributed by atoms with Crippen molar-refractivity contribution in [2.24, 2.45) is 0 Å². The molecule has 0 spiro atoms. The lowest BCUT2D eigenvalue weighted by molar-refractivity contribution is 0.0827. The van der Waals surface area contributed by atoms with E-state index in [-0.39, 0.29) is 5.91 Å². The highest BCUT2D eigenvalue weighted by Crippen LogP contribution is 2.25. The molecule has 0 radical (unpaired) electrons. The molecule has 0 atom stereocenters. The largest absolute Gasteiger partial charge is 0.345 e. The lowest BCUT2D eigenvalue weighted by Gasteiger charge is -2.11. The third-order valence-electron chi connectivity index (χ3n) is 3.62. The van der Waals surface area contributed by atoms with E-state index in [1.54, 1.807) is 31.4 Å². The van der Waals surface area contributed by atoms with Crippen LogP contribution < -0.4 is 0 Å². The molecule has 0 bridgehead atoms. The van der Waals surface area contributed by atoms with Crippen molar-refractivity contribution in [2.75, 3.05) is 14.1 Å². The molecule has 0 N–H and O–H groups in total. The van der Waals surface area contributed by atoms with Crippen LogP contribution in [0.25, 0.3) is 22.3 Å². The highest BCUT2D eigenvalue weighted by molar-refractivity contribution is 5.94. The second kappa shape index (κ2) is 6.40. The minimum absolute atomic E-state index is 0.000196. The van der Waals surface area contributed by atoms with Crippen LogP contribution in [-0.4, -0.2) is 34.9 Å². The lowest BCUT2D eigenvalue weighted by atomic mass is 10.0. The van der Waals surface area contributed by atoms with E-state index < -0.39 is 0 Å². The Morgan fingerprint density at radius 1 is 0.783 bits per heavy atom. The quantitative estimate of drug-likeness (QED) is 0.744. The van der Waals surface area contributed by atoms with Crippen molar-refractivity contribution in [3.05, 3.63) is 72.8 Å². The van der Waals surface area contributed by atoms with Crippen LogP contribution in [0.4, 0.5) is 0 Å². The number of rotatable bonds is 3. The number of pyridine rings is 2. The van der Waals surface area contributed by atoms with Gasteiger partial charge in [-0.05, 0) is 41.5 Å². The van der Waals surface area contributed by atoms with Crippen molar-refractivity contribution in [3.63, 3.8) is 0 Å². The molecule has 0 saturated carbocycles. The number of aromatic nitrogens is 2. The molecule has 2 aromatic heterocycles. The van der Waals surface area contributed by atoms with Gasteiger partial charge in [0.15, 0.2) is 0 Å². The third-order valence-corrected chi connectivity index (χ3v) is 3.62. The highest BCUT2D eigenvalue weighted by Gasteiger charge is 2.08. The first kappa shape index (κ1) is 14.9. The monoisotopic (exact) mass is 303 g/mol. The Hall–Kier alpha value is -3.01. The summed E-state index contributed by atoms with van der Waals surface area (Å²) >= 11 is 0. The fraction of sp³-hybridized carbons (Fsp3) is 0.105. The van der Waals surface area contributed by atoms with Crippen molar-refractivity contribution in [1.29, 1.82) is 0 Å². The minimum Gasteiger partial charge on any atom is -0.345 e. The second-order valence-electron chi connectivity index (χ2n) is 5.48. The van der Waals surface area contributed by atoms with Gasteiger partial charge in [0.1, 0.15) is 0 Å². The molecule has 0 aliphatic carbocycles. The predicted molar refractivity (Wildman–Crippen MR) is 90.9 cm³/mol. The number of amides is 1. The maximum Gasteiger partial charge on any atom is 0.253 e. The van der Waals surface area contributed by atoms with E-state index in [9.17, 15) is 4.79 Å². The summed E-state index contributed by atoms with van der Waals surface area (Å²) in [7, 11) is 3.50. The van der Waals surface area contributed by atoms with Gasteiger partial charge < -0.3 is 4.90 Å². The van der Waals surface area contributed by atoms with Crippen LogP contribution in [0.3, 0.4) is 0 Å². The summed E-state index contributed by atoms with van der Waals surface area (Å²) in [6, 6.07) is 13.6. The average Bonchev–Trinajstić information content (AvgIpc) is 2.62. The molecule has 1 amide bonds. The van der Waals surface area contributed by atoms with Gasteiger partial charge in [-0.25, -0.2) is 0 Å². The van der Waals surface area contributed by atoms with Gasteiger partial charge in [-0.2, -0.15) is 0 Å². The molecule has 4 heteroatoms. The Kier molecular flexibility index (Phi) is 4.15. The van der Waals surface area contributed by atoms with Crippen molar-refractivity contribution < 1.29 is 4.79 Å². The number of carbonyl (C=O) groups excluding carboxylic acids is 1. The first-order valence-corrected chi connectivity index (χ1v) is 7.33. The standard InChI is InChI=1S/C19H17N3O/c1-22(2)19(23)16-5-3-14(4-6-16)17-11-18(13-21-12-17)15-7-9-20-10-8-15/h3-13H,1-2H3. The van der Waals surface area contributed by atoms with E-state index in [0.29, 0.717) is 5.56 Å². The number of benzene rings is 1. The number of hydrogen-bond acceptors (Lipinski definition) is 3. The Balaban J connectivity index is 1.92. The summed E-state index contributed by atoms with van der Waals surface area (Å²) in [5.74, 6) is 0.000196. The van der Waals surface area contributed by atoms with Crippen molar-refractivity contribution >= 4 is 5.91 Å². The summed E-state index contributed by atoms with van der Waals surface area (Å²) in [6.07, 6.45) is 7.20. The zero-order valence-electron chi connectivity index (χ0n) is 13.1. The van der Waals surface area contributed by atoms with E-state index in [0.717, 1.165) is 22.3 Å². The van der Waals surface area contributed by atoms with E-state index in [4.69, 9.17) is 0 Å². The molecule has 0 unspecified atom stereocenters. The molecule has 0 saturated heterocycles. The third kappa shape index (κ3) is 3.26. The van der Waals surface area contributed by atoms with Gasteiger partial charge in [-0.15, -0.1) is 0 Å². The molecule has 23 heavy (non-hydrogen) atoms. The molecular formula is C19H17N3O. The van der Waals surface area contributed by atoms with E-state index in [1.165, 1.54) is 0 Å². The van der Waals surface area contributed by atoms with Crippen molar-refractivity contribution in [1.82, 2.24) is 14.9 Å². The molecule has 0 fully saturated rings. The smallest absolute Gasteiger partial charge is 0.253 e. The van der Waals surface area contributed by atoms with Crippen molar-refractivity contribution in [3.8, 4) is 22.3 Å². The maximum atomic E-state index is 11.9. The van der Waals surface area contributed by atoms with Gasteiger partial charge in [-0.1, -0.05) is 12.1 Å². The molecule has 0 aliphatic heterocycles. The molecule has 3 aromatic rings. The lowest BCUT2D eigenvalue weighted by Crippen LogP contribution is -2.21. The van der Waals surface area contributed by atoms with Gasteiger partial charge in [-0.3, -0.25) is 14.8 Å². The van der Waals surface area contributed by atoms with E-state index in [2.05, 4.69) is 16.0 Å². The van der Waals surface area contributed by atoms with Gasteiger partial charge in [0, 0.05) is 55.6 Å². The molecule has 3 rings (SSSR count). The average molecular weight is 303 g/mol. The Morgan fingerprint density at radius 2 is 1.35 bits per heavy atom. The molecule has 4 nitrogen and oxygen atoms in total. The van der Waals surface area contributed by atoms with Crippen LogP contribution in [0, 0.1) is 0 Å². The topological polar surface area (TPSA) is 46.1 Å². The van der Waals surface area contributed by atoms with Gasteiger partial charge in [0.25, 0.3) is 5.91 Å². The zero-order chi connectivity index (χ0) is 16.2. The first-order chi connectivity index (χ1) is 11.1. The van der Waals surface area contributed by atoms with Gasteiger partial charge in [0.05, 0.1) is 0 Å². The SMILES string of the molecule is CN(C)C(=O)c1ccc(-c2cncc(-c3ccncc3)c2)cc1. The van der Waals surface area contributed by atoms with Gasteiger partial charge >= 0.3 is 0 Å². The highest BCUT2D eigenvalue weighted by atomic mass is 16.2. The summed E-state index contributed by atoms with van der Waals surface area (Å²) in [5.41, 5.74) is 4.84. The molecule has 114 valence electrons. The van der Waals surface area contributed by atoms with Crippen LogP contribution in [0.2, 0.25) is 0 Å². The van der Waals surface area contributed by atoms with Crippen molar-refractivity contribution in [2.45, 2.75) is 0 Å². The molecule has 0 aliphatic rings. The van der Waals surface area contributed by atoms with Crippen LogP contribution in [0.5, 0.6) is 0 Å². The van der Waals surface area contributed by atoms with E-state index >= 15 is 0 Å². The maximum absolute atomic E-state index is 11.9. The number of carbonyl (C=O) groups is 1. The molecular weight excluding hydrogens is 286 g/mol. The van der Waals surface area contributed by atoms with Gasteiger partial charge in [0.2, 0.25) is 0 Å². The summed E-state index contributed by atoms with van der Waals surface area (Å²) < 4.78 is 0. The Bertz CT molecular complexity index is 812. The van der Waals surface area contributed by atoms with E-state index in [1.807, 2.05) is 48.8 Å². The molecule has 2 heterocycles. The van der Waals surface area contributed by atoms with Crippen LogP contribution in [0.1, 0.15) is 10.4 Å². The fourth-order valence-corrected chi connectivity index (χ4v) is 2.36. The number of nitrogens with zero attached hydrogens (tertiary/aromatic N) is 3. The zero-order valence-corrected chi connectivity index (χ0v) is 13.1. The molecule has 1 aromatic carbocycles. The van der Waals surface area contributed by atoms with Crippen LogP contribution >= 0.6 is 0 Å². The fourth-order valence-electron chi connectivity index (χ4n) is 2.36. The van der Waals surface area contributed by atoms with Crippen LogP contribution in [0.15, 0.2) is 67.3 Å². The second-order valence-corrected chi connectivity index (χ2v) is 5.48. The number of hydrogen-bond donors (Lipinski definition) is 0. The van der Waals surface area contributed by atoms with Crippen LogP contribution in [-0.2, 0) is 0 Å². The normalized spacial score (nSPS) is 10.3.